The fourth-order valence-electron chi connectivity index (χ4n) is 4.02. The van der Waals surface area contributed by atoms with E-state index in [0.29, 0.717) is 22.8 Å². The summed E-state index contributed by atoms with van der Waals surface area (Å²) >= 11 is 0. The SMILES string of the molecule is Cc1ncc(Nc2nc(N[C@H](c3ccccn3)[C@H](C)CC(=O)OC(C)(C)C)c(F)cc2C#N)cc1-n1nccn1. The molecule has 0 aromatic carbocycles. The van der Waals surface area contributed by atoms with Gasteiger partial charge in [-0.2, -0.15) is 15.5 Å². The van der Waals surface area contributed by atoms with Gasteiger partial charge in [0.25, 0.3) is 0 Å². The fraction of sp³-hybridized carbons (Fsp3) is 0.321. The molecule has 12 heteroatoms. The monoisotopic (exact) mass is 543 g/mol. The van der Waals surface area contributed by atoms with Crippen LogP contribution in [0.15, 0.2) is 55.1 Å². The van der Waals surface area contributed by atoms with E-state index >= 15 is 4.39 Å². The van der Waals surface area contributed by atoms with Crippen molar-refractivity contribution in [2.75, 3.05) is 10.6 Å². The molecule has 40 heavy (non-hydrogen) atoms. The lowest BCUT2D eigenvalue weighted by Crippen LogP contribution is -2.28. The van der Waals surface area contributed by atoms with Gasteiger partial charge in [0, 0.05) is 6.20 Å². The Morgan fingerprint density at radius 2 is 1.90 bits per heavy atom. The minimum atomic E-state index is -0.726. The minimum Gasteiger partial charge on any atom is -0.460 e. The maximum Gasteiger partial charge on any atom is 0.306 e. The average molecular weight is 544 g/mol. The summed E-state index contributed by atoms with van der Waals surface area (Å²) in [5, 5.41) is 24.1. The van der Waals surface area contributed by atoms with Crippen molar-refractivity contribution in [1.82, 2.24) is 29.9 Å². The number of carbonyl (C=O) groups is 1. The summed E-state index contributed by atoms with van der Waals surface area (Å²) < 4.78 is 20.7. The van der Waals surface area contributed by atoms with Crippen LogP contribution in [-0.2, 0) is 9.53 Å². The zero-order chi connectivity index (χ0) is 28.9. The van der Waals surface area contributed by atoms with E-state index in [1.807, 2.05) is 26.0 Å². The third-order valence-electron chi connectivity index (χ3n) is 5.83. The summed E-state index contributed by atoms with van der Waals surface area (Å²) in [4.78, 5) is 27.2. The van der Waals surface area contributed by atoms with Crippen LogP contribution in [0.2, 0.25) is 0 Å². The molecule has 4 heterocycles. The van der Waals surface area contributed by atoms with Crippen LogP contribution in [0.4, 0.5) is 21.7 Å². The van der Waals surface area contributed by atoms with Crippen LogP contribution in [0.25, 0.3) is 5.69 Å². The lowest BCUT2D eigenvalue weighted by atomic mass is 9.94. The van der Waals surface area contributed by atoms with Gasteiger partial charge < -0.3 is 15.4 Å². The predicted molar refractivity (Wildman–Crippen MR) is 146 cm³/mol. The molecule has 0 unspecified atom stereocenters. The molecule has 0 bridgehead atoms. The molecule has 4 aromatic heterocycles. The van der Waals surface area contributed by atoms with Crippen molar-refractivity contribution < 1.29 is 13.9 Å². The van der Waals surface area contributed by atoms with E-state index in [1.54, 1.807) is 63.8 Å². The highest BCUT2D eigenvalue weighted by Gasteiger charge is 2.27. The first-order chi connectivity index (χ1) is 19.0. The molecular formula is C28H30FN9O2. The average Bonchev–Trinajstić information content (AvgIpc) is 3.44. The Morgan fingerprint density at radius 1 is 1.15 bits per heavy atom. The van der Waals surface area contributed by atoms with E-state index in [1.165, 1.54) is 4.80 Å². The Labute approximate surface area is 231 Å². The highest BCUT2D eigenvalue weighted by molar-refractivity contribution is 5.70. The van der Waals surface area contributed by atoms with E-state index in [2.05, 4.69) is 35.8 Å². The van der Waals surface area contributed by atoms with Crippen molar-refractivity contribution in [2.45, 2.75) is 52.7 Å². The van der Waals surface area contributed by atoms with Crippen LogP contribution in [0.3, 0.4) is 0 Å². The number of carbonyl (C=O) groups excluding carboxylic acids is 1. The molecule has 11 nitrogen and oxygen atoms in total. The Balaban J connectivity index is 1.65. The highest BCUT2D eigenvalue weighted by Crippen LogP contribution is 2.31. The van der Waals surface area contributed by atoms with Crippen LogP contribution in [0.5, 0.6) is 0 Å². The summed E-state index contributed by atoms with van der Waals surface area (Å²) in [5.41, 5.74) is 1.77. The lowest BCUT2D eigenvalue weighted by Gasteiger charge is -2.27. The number of anilines is 3. The van der Waals surface area contributed by atoms with Crippen molar-refractivity contribution in [3.05, 3.63) is 77.9 Å². The van der Waals surface area contributed by atoms with Gasteiger partial charge in [-0.3, -0.25) is 14.8 Å². The number of halogens is 1. The van der Waals surface area contributed by atoms with Crippen LogP contribution < -0.4 is 10.6 Å². The van der Waals surface area contributed by atoms with Gasteiger partial charge in [0.2, 0.25) is 0 Å². The van der Waals surface area contributed by atoms with Gasteiger partial charge in [-0.15, -0.1) is 4.80 Å². The predicted octanol–water partition coefficient (Wildman–Crippen LogP) is 5.04. The number of aromatic nitrogens is 6. The largest absolute Gasteiger partial charge is 0.460 e. The summed E-state index contributed by atoms with van der Waals surface area (Å²) in [6, 6.07) is 9.60. The van der Waals surface area contributed by atoms with E-state index in [0.717, 1.165) is 6.07 Å². The zero-order valence-corrected chi connectivity index (χ0v) is 22.9. The molecule has 2 N–H and O–H groups in total. The van der Waals surface area contributed by atoms with Gasteiger partial charge in [0.15, 0.2) is 17.5 Å². The number of pyridine rings is 3. The Bertz CT molecular complexity index is 1510. The topological polar surface area (TPSA) is 144 Å². The number of hydrogen-bond acceptors (Lipinski definition) is 10. The molecule has 0 aliphatic heterocycles. The molecule has 2 atom stereocenters. The Hall–Kier alpha value is -4.92. The zero-order valence-electron chi connectivity index (χ0n) is 22.9. The molecule has 0 aliphatic carbocycles. The number of aryl methyl sites for hydroxylation is 1. The molecule has 0 saturated heterocycles. The van der Waals surface area contributed by atoms with Crippen molar-refractivity contribution in [3.63, 3.8) is 0 Å². The first-order valence-electron chi connectivity index (χ1n) is 12.6. The number of hydrogen-bond donors (Lipinski definition) is 2. The van der Waals surface area contributed by atoms with Gasteiger partial charge in [-0.1, -0.05) is 13.0 Å². The molecule has 0 spiro atoms. The van der Waals surface area contributed by atoms with Gasteiger partial charge in [0.05, 0.1) is 53.7 Å². The summed E-state index contributed by atoms with van der Waals surface area (Å²) in [6.45, 7) is 9.06. The minimum absolute atomic E-state index is 0.00132. The van der Waals surface area contributed by atoms with E-state index in [9.17, 15) is 10.1 Å². The fourth-order valence-corrected chi connectivity index (χ4v) is 4.02. The molecule has 0 amide bonds. The smallest absolute Gasteiger partial charge is 0.306 e. The summed E-state index contributed by atoms with van der Waals surface area (Å²) in [6.07, 6.45) is 6.36. The quantitative estimate of drug-likeness (QED) is 0.276. The molecule has 0 saturated carbocycles. The van der Waals surface area contributed by atoms with E-state index in [4.69, 9.17) is 4.74 Å². The number of nitrogens with one attached hydrogen (secondary N) is 2. The van der Waals surface area contributed by atoms with Crippen molar-refractivity contribution in [2.24, 2.45) is 5.92 Å². The van der Waals surface area contributed by atoms with Gasteiger partial charge in [-0.05, 0) is 57.9 Å². The third-order valence-corrected chi connectivity index (χ3v) is 5.83. The number of ether oxygens (including phenoxy) is 1. The van der Waals surface area contributed by atoms with E-state index in [-0.39, 0.29) is 35.5 Å². The lowest BCUT2D eigenvalue weighted by molar-refractivity contribution is -0.155. The number of esters is 1. The first kappa shape index (κ1) is 28.1. The molecule has 0 radical (unpaired) electrons. The number of rotatable bonds is 9. The summed E-state index contributed by atoms with van der Waals surface area (Å²) in [7, 11) is 0. The van der Waals surface area contributed by atoms with Gasteiger partial charge in [0.1, 0.15) is 17.4 Å². The van der Waals surface area contributed by atoms with Crippen LogP contribution >= 0.6 is 0 Å². The first-order valence-corrected chi connectivity index (χ1v) is 12.6. The van der Waals surface area contributed by atoms with Gasteiger partial charge in [-0.25, -0.2) is 9.37 Å². The Morgan fingerprint density at radius 3 is 2.55 bits per heavy atom. The second-order valence-electron chi connectivity index (χ2n) is 10.2. The second kappa shape index (κ2) is 11.9. The molecule has 206 valence electrons. The van der Waals surface area contributed by atoms with Crippen LogP contribution in [-0.4, -0.2) is 41.5 Å². The van der Waals surface area contributed by atoms with Crippen molar-refractivity contribution in [3.8, 4) is 11.8 Å². The third kappa shape index (κ3) is 6.93. The standard InChI is InChI=1S/C28H30FN9O2/c1-17(12-24(39)40-28(3,4)5)25(22-8-6-7-9-31-22)36-27-21(29)13-19(15-30)26(37-27)35-20-14-23(18(2)32-16-20)38-33-10-11-34-38/h6-11,13-14,16-17,25H,12H2,1-5H3,(H2,35,36,37)/t17-,25+/m1/s1. The molecule has 4 rings (SSSR count). The highest BCUT2D eigenvalue weighted by atomic mass is 19.1. The van der Waals surface area contributed by atoms with E-state index < -0.39 is 17.5 Å². The maximum atomic E-state index is 15.2. The van der Waals surface area contributed by atoms with Gasteiger partial charge >= 0.3 is 5.97 Å². The number of nitrogens with zero attached hydrogens (tertiary/aromatic N) is 7. The molecule has 0 aliphatic rings. The van der Waals surface area contributed by atoms with Crippen LogP contribution in [0, 0.1) is 30.0 Å². The molecule has 4 aromatic rings. The second-order valence-corrected chi connectivity index (χ2v) is 10.2. The molecular weight excluding hydrogens is 513 g/mol. The number of nitriles is 1. The molecule has 0 fully saturated rings. The normalized spacial score (nSPS) is 12.7. The summed E-state index contributed by atoms with van der Waals surface area (Å²) in [5.74, 6) is -1.44. The van der Waals surface area contributed by atoms with Crippen molar-refractivity contribution in [1.29, 1.82) is 5.26 Å². The maximum absolute atomic E-state index is 15.2. The Kier molecular flexibility index (Phi) is 8.33. The van der Waals surface area contributed by atoms with Crippen LogP contribution in [0.1, 0.15) is 57.1 Å². The van der Waals surface area contributed by atoms with Crippen molar-refractivity contribution >= 4 is 23.3 Å².